The molecule has 1 aliphatic rings. The van der Waals surface area contributed by atoms with E-state index in [9.17, 15) is 9.59 Å². The van der Waals surface area contributed by atoms with Gasteiger partial charge in [0.25, 0.3) is 0 Å². The quantitative estimate of drug-likeness (QED) is 0.852. The number of carbonyl (C=O) groups excluding carboxylic acids is 2. The van der Waals surface area contributed by atoms with Crippen LogP contribution in [0.25, 0.3) is 0 Å². The highest BCUT2D eigenvalue weighted by Crippen LogP contribution is 2.13. The zero-order chi connectivity index (χ0) is 15.2. The van der Waals surface area contributed by atoms with Crippen molar-refractivity contribution in [2.45, 2.75) is 19.5 Å². The van der Waals surface area contributed by atoms with Crippen molar-refractivity contribution in [3.8, 4) is 0 Å². The molecule has 0 aromatic heterocycles. The summed E-state index contributed by atoms with van der Waals surface area (Å²) in [5, 5.41) is 5.98. The molecule has 1 saturated heterocycles. The van der Waals surface area contributed by atoms with E-state index in [2.05, 4.69) is 10.6 Å². The first-order valence-electron chi connectivity index (χ1n) is 6.99. The van der Waals surface area contributed by atoms with E-state index in [0.29, 0.717) is 26.3 Å². The number of anilines is 1. The Kier molecular flexibility index (Phi) is 5.30. The van der Waals surface area contributed by atoms with Crippen LogP contribution in [0.2, 0.25) is 0 Å². The number of nitrogens with zero attached hydrogens (tertiary/aromatic N) is 1. The molecule has 2 N–H and O–H groups in total. The van der Waals surface area contributed by atoms with E-state index in [1.165, 1.54) is 6.92 Å². The fraction of sp³-hybridized carbons (Fsp3) is 0.467. The molecule has 6 heteroatoms. The highest BCUT2D eigenvalue weighted by Gasteiger charge is 2.21. The second-order valence-corrected chi connectivity index (χ2v) is 5.15. The number of hydrogen-bond acceptors (Lipinski definition) is 4. The number of nitrogens with one attached hydrogen (secondary N) is 2. The lowest BCUT2D eigenvalue weighted by atomic mass is 10.1. The van der Waals surface area contributed by atoms with Gasteiger partial charge in [0.1, 0.15) is 6.04 Å². The molecule has 1 unspecified atom stereocenters. The third-order valence-electron chi connectivity index (χ3n) is 3.39. The zero-order valence-corrected chi connectivity index (χ0v) is 12.4. The predicted molar refractivity (Wildman–Crippen MR) is 79.8 cm³/mol. The summed E-state index contributed by atoms with van der Waals surface area (Å²) in [5.74, 6) is -0.0974. The average molecular weight is 291 g/mol. The Morgan fingerprint density at radius 2 is 2.29 bits per heavy atom. The maximum Gasteiger partial charge on any atom is 0.243 e. The van der Waals surface area contributed by atoms with Crippen LogP contribution in [-0.2, 0) is 20.9 Å². The lowest BCUT2D eigenvalue weighted by molar-refractivity contribution is -0.128. The molecule has 1 fully saturated rings. The molecule has 114 valence electrons. The van der Waals surface area contributed by atoms with Crippen molar-refractivity contribution in [1.82, 2.24) is 10.2 Å². The highest BCUT2D eigenvalue weighted by atomic mass is 16.5. The maximum atomic E-state index is 12.1. The van der Waals surface area contributed by atoms with Crippen LogP contribution in [0, 0.1) is 0 Å². The third-order valence-corrected chi connectivity index (χ3v) is 3.39. The van der Waals surface area contributed by atoms with Crippen molar-refractivity contribution in [3.05, 3.63) is 29.8 Å². The molecule has 2 rings (SSSR count). The fourth-order valence-corrected chi connectivity index (χ4v) is 2.10. The molecule has 6 nitrogen and oxygen atoms in total. The van der Waals surface area contributed by atoms with Crippen LogP contribution < -0.4 is 10.6 Å². The monoisotopic (exact) mass is 291 g/mol. The first-order chi connectivity index (χ1) is 10.1. The van der Waals surface area contributed by atoms with E-state index in [-0.39, 0.29) is 17.9 Å². The standard InChI is InChI=1S/C15H21N3O3/c1-11(19)18(2)9-12-4-3-5-13(8-12)17-15(20)14-10-21-7-6-16-14/h3-5,8,14,16H,6-7,9-10H2,1-2H3,(H,17,20). The minimum absolute atomic E-state index is 0.00740. The van der Waals surface area contributed by atoms with Gasteiger partial charge in [-0.1, -0.05) is 12.1 Å². The van der Waals surface area contributed by atoms with Crippen molar-refractivity contribution in [2.75, 3.05) is 32.1 Å². The summed E-state index contributed by atoms with van der Waals surface area (Å²) in [6.45, 7) is 3.75. The SMILES string of the molecule is CC(=O)N(C)Cc1cccc(NC(=O)C2COCCN2)c1. The van der Waals surface area contributed by atoms with Crippen molar-refractivity contribution in [3.63, 3.8) is 0 Å². The molecule has 1 atom stereocenters. The van der Waals surface area contributed by atoms with E-state index in [0.717, 1.165) is 11.3 Å². The minimum Gasteiger partial charge on any atom is -0.378 e. The van der Waals surface area contributed by atoms with Gasteiger partial charge >= 0.3 is 0 Å². The Hall–Kier alpha value is -1.92. The number of benzene rings is 1. The van der Waals surface area contributed by atoms with E-state index in [1.54, 1.807) is 11.9 Å². The molecule has 0 aliphatic carbocycles. The van der Waals surface area contributed by atoms with Crippen LogP contribution >= 0.6 is 0 Å². The third kappa shape index (κ3) is 4.54. The van der Waals surface area contributed by atoms with Gasteiger partial charge in [0, 0.05) is 32.7 Å². The molecule has 1 aromatic carbocycles. The van der Waals surface area contributed by atoms with Gasteiger partial charge in [0.05, 0.1) is 13.2 Å². The number of ether oxygens (including phenoxy) is 1. The summed E-state index contributed by atoms with van der Waals surface area (Å²) < 4.78 is 5.28. The summed E-state index contributed by atoms with van der Waals surface area (Å²) >= 11 is 0. The fourth-order valence-electron chi connectivity index (χ4n) is 2.10. The maximum absolute atomic E-state index is 12.1. The Balaban J connectivity index is 1.97. The van der Waals surface area contributed by atoms with Gasteiger partial charge in [-0.2, -0.15) is 0 Å². The molecule has 1 aromatic rings. The summed E-state index contributed by atoms with van der Waals surface area (Å²) in [7, 11) is 1.75. The van der Waals surface area contributed by atoms with Gasteiger partial charge in [-0.15, -0.1) is 0 Å². The second kappa shape index (κ2) is 7.19. The molecular formula is C15H21N3O3. The van der Waals surface area contributed by atoms with Gasteiger partial charge < -0.3 is 20.3 Å². The summed E-state index contributed by atoms with van der Waals surface area (Å²) in [6, 6.07) is 7.18. The average Bonchev–Trinajstić information content (AvgIpc) is 2.48. The molecule has 0 saturated carbocycles. The minimum atomic E-state index is -0.317. The number of carbonyl (C=O) groups is 2. The van der Waals surface area contributed by atoms with Gasteiger partial charge in [-0.3, -0.25) is 9.59 Å². The lowest BCUT2D eigenvalue weighted by Gasteiger charge is -2.23. The number of amides is 2. The molecule has 1 heterocycles. The van der Waals surface area contributed by atoms with Gasteiger partial charge in [-0.05, 0) is 17.7 Å². The van der Waals surface area contributed by atoms with Crippen LogP contribution in [-0.4, -0.2) is 49.6 Å². The number of morpholine rings is 1. The van der Waals surface area contributed by atoms with E-state index in [4.69, 9.17) is 4.74 Å². The van der Waals surface area contributed by atoms with E-state index >= 15 is 0 Å². The Bertz CT molecular complexity index is 513. The van der Waals surface area contributed by atoms with Crippen molar-refractivity contribution < 1.29 is 14.3 Å². The lowest BCUT2D eigenvalue weighted by Crippen LogP contribution is -2.48. The Morgan fingerprint density at radius 1 is 1.48 bits per heavy atom. The van der Waals surface area contributed by atoms with Crippen LogP contribution in [0.3, 0.4) is 0 Å². The van der Waals surface area contributed by atoms with Crippen LogP contribution in [0.15, 0.2) is 24.3 Å². The summed E-state index contributed by atoms with van der Waals surface area (Å²) in [6.07, 6.45) is 0. The molecule has 0 bridgehead atoms. The van der Waals surface area contributed by atoms with Crippen LogP contribution in [0.1, 0.15) is 12.5 Å². The van der Waals surface area contributed by atoms with Crippen molar-refractivity contribution >= 4 is 17.5 Å². The van der Waals surface area contributed by atoms with Crippen molar-refractivity contribution in [1.29, 1.82) is 0 Å². The molecule has 21 heavy (non-hydrogen) atoms. The summed E-state index contributed by atoms with van der Waals surface area (Å²) in [5.41, 5.74) is 1.69. The topological polar surface area (TPSA) is 70.7 Å². The van der Waals surface area contributed by atoms with E-state index in [1.807, 2.05) is 24.3 Å². The molecule has 1 aliphatic heterocycles. The largest absolute Gasteiger partial charge is 0.378 e. The van der Waals surface area contributed by atoms with Gasteiger partial charge in [0.15, 0.2) is 0 Å². The second-order valence-electron chi connectivity index (χ2n) is 5.15. The first-order valence-corrected chi connectivity index (χ1v) is 6.99. The Labute approximate surface area is 124 Å². The molecule has 2 amide bonds. The van der Waals surface area contributed by atoms with Crippen molar-refractivity contribution in [2.24, 2.45) is 0 Å². The van der Waals surface area contributed by atoms with Crippen LogP contribution in [0.5, 0.6) is 0 Å². The molecular weight excluding hydrogens is 270 g/mol. The number of hydrogen-bond donors (Lipinski definition) is 2. The Morgan fingerprint density at radius 3 is 2.95 bits per heavy atom. The number of rotatable bonds is 4. The van der Waals surface area contributed by atoms with E-state index < -0.39 is 0 Å². The zero-order valence-electron chi connectivity index (χ0n) is 12.4. The van der Waals surface area contributed by atoms with Gasteiger partial charge in [-0.25, -0.2) is 0 Å². The first kappa shape index (κ1) is 15.5. The summed E-state index contributed by atoms with van der Waals surface area (Å²) in [4.78, 5) is 25.0. The smallest absolute Gasteiger partial charge is 0.243 e. The predicted octanol–water partition coefficient (Wildman–Crippen LogP) is 0.592. The highest BCUT2D eigenvalue weighted by molar-refractivity contribution is 5.95. The van der Waals surface area contributed by atoms with Gasteiger partial charge in [0.2, 0.25) is 11.8 Å². The molecule has 0 spiro atoms. The van der Waals surface area contributed by atoms with Crippen LogP contribution in [0.4, 0.5) is 5.69 Å². The normalized spacial score (nSPS) is 18.1. The molecule has 0 radical (unpaired) electrons.